The zero-order chi connectivity index (χ0) is 21.1. The Morgan fingerprint density at radius 1 is 1.14 bits per heavy atom. The topological polar surface area (TPSA) is 116 Å². The van der Waals surface area contributed by atoms with E-state index in [1.165, 1.54) is 0 Å². The largest absolute Gasteiger partial charge is 0.417 e. The zero-order valence-electron chi connectivity index (χ0n) is 15.6. The van der Waals surface area contributed by atoms with Gasteiger partial charge in [0.15, 0.2) is 15.8 Å². The third kappa shape index (κ3) is 4.84. The number of aryl methyl sites for hydroxylation is 1. The number of hydrogen-bond acceptors (Lipinski definition) is 3. The number of rotatable bonds is 4. The minimum Gasteiger partial charge on any atom is -0.370 e. The number of hydrogen-bond donors (Lipinski definition) is 2. The summed E-state index contributed by atoms with van der Waals surface area (Å²) in [5, 5.41) is -0.861. The van der Waals surface area contributed by atoms with E-state index >= 15 is 0 Å². The molecule has 1 saturated carbocycles. The third-order valence-electron chi connectivity index (χ3n) is 4.90. The van der Waals surface area contributed by atoms with Gasteiger partial charge in [-0.25, -0.2) is 8.42 Å². The van der Waals surface area contributed by atoms with Gasteiger partial charge in [0.2, 0.25) is 0 Å². The maximum atomic E-state index is 13.7. The summed E-state index contributed by atoms with van der Waals surface area (Å²) in [5.74, 6) is -1.63. The van der Waals surface area contributed by atoms with Gasteiger partial charge in [-0.3, -0.25) is 4.79 Å². The normalized spacial score (nSPS) is 16.4. The molecule has 156 valence electrons. The average Bonchev–Trinajstić information content (AvgIpc) is 2.89. The van der Waals surface area contributed by atoms with Crippen molar-refractivity contribution in [3.63, 3.8) is 0 Å². The van der Waals surface area contributed by atoms with E-state index in [-0.39, 0.29) is 17.5 Å². The first-order valence-corrected chi connectivity index (χ1v) is 10.6. The van der Waals surface area contributed by atoms with Crippen LogP contribution in [0.4, 0.5) is 13.2 Å². The molecule has 0 atom stereocenters. The van der Waals surface area contributed by atoms with Crippen molar-refractivity contribution >= 4 is 21.7 Å². The van der Waals surface area contributed by atoms with E-state index in [9.17, 15) is 26.4 Å². The van der Waals surface area contributed by atoms with Gasteiger partial charge in [0, 0.05) is 5.56 Å². The Bertz CT molecular complexity index is 868. The predicted octanol–water partition coefficient (Wildman–Crippen LogP) is 3.18. The molecular weight excluding hydrogens is 395 g/mol. The standard InChI is InChI=1S/C18H24F3N3O3S/c1-2-11-9-15(28(26,27)12-7-5-3-4-6-8-12)14(18(19,20)21)10-13(11)16(25)24-17(22)23/h9-10,12H,2-8H2,1H3,(H4,22,23,24,25). The predicted molar refractivity (Wildman–Crippen MR) is 99.6 cm³/mol. The number of guanidine groups is 1. The molecule has 0 radical (unpaired) electrons. The molecule has 10 heteroatoms. The van der Waals surface area contributed by atoms with E-state index in [1.807, 2.05) is 0 Å². The fourth-order valence-corrected chi connectivity index (χ4v) is 5.58. The van der Waals surface area contributed by atoms with Crippen molar-refractivity contribution < 1.29 is 26.4 Å². The molecule has 0 saturated heterocycles. The summed E-state index contributed by atoms with van der Waals surface area (Å²) in [5.41, 5.74) is 8.72. The molecule has 0 spiro atoms. The van der Waals surface area contributed by atoms with Crippen LogP contribution in [0.25, 0.3) is 0 Å². The van der Waals surface area contributed by atoms with E-state index < -0.39 is 43.6 Å². The molecule has 1 aromatic rings. The van der Waals surface area contributed by atoms with E-state index in [2.05, 4.69) is 4.99 Å². The summed E-state index contributed by atoms with van der Waals surface area (Å²) in [6.07, 6.45) is -1.10. The Morgan fingerprint density at radius 3 is 2.18 bits per heavy atom. The lowest BCUT2D eigenvalue weighted by Crippen LogP contribution is -2.26. The van der Waals surface area contributed by atoms with Crippen molar-refractivity contribution in [3.8, 4) is 0 Å². The summed E-state index contributed by atoms with van der Waals surface area (Å²) in [6, 6.07) is 1.51. The van der Waals surface area contributed by atoms with Gasteiger partial charge in [0.05, 0.1) is 15.7 Å². The lowest BCUT2D eigenvalue weighted by atomic mass is 10.0. The Morgan fingerprint density at radius 2 is 1.71 bits per heavy atom. The number of sulfone groups is 1. The first-order chi connectivity index (χ1) is 13.0. The molecule has 1 amide bonds. The number of carbonyl (C=O) groups excluding carboxylic acids is 1. The van der Waals surface area contributed by atoms with Crippen LogP contribution in [0.15, 0.2) is 22.0 Å². The maximum Gasteiger partial charge on any atom is 0.417 e. The molecule has 1 aromatic carbocycles. The van der Waals surface area contributed by atoms with Gasteiger partial charge in [-0.05, 0) is 37.0 Å². The van der Waals surface area contributed by atoms with Crippen LogP contribution in [0, 0.1) is 0 Å². The monoisotopic (exact) mass is 419 g/mol. The molecule has 28 heavy (non-hydrogen) atoms. The zero-order valence-corrected chi connectivity index (χ0v) is 16.4. The number of amides is 1. The molecule has 1 aliphatic rings. The lowest BCUT2D eigenvalue weighted by molar-refractivity contribution is -0.139. The highest BCUT2D eigenvalue weighted by Gasteiger charge is 2.41. The number of carbonyl (C=O) groups is 1. The van der Waals surface area contributed by atoms with Gasteiger partial charge in [0.25, 0.3) is 5.91 Å². The van der Waals surface area contributed by atoms with Crippen LogP contribution in [0.2, 0.25) is 0 Å². The first-order valence-electron chi connectivity index (χ1n) is 9.10. The SMILES string of the molecule is CCc1cc(S(=O)(=O)C2CCCCCC2)c(C(F)(F)F)cc1C(=O)N=C(N)N. The van der Waals surface area contributed by atoms with Gasteiger partial charge in [-0.2, -0.15) is 18.2 Å². The second-order valence-electron chi connectivity index (χ2n) is 6.86. The molecule has 2 rings (SSSR count). The molecule has 0 unspecified atom stereocenters. The van der Waals surface area contributed by atoms with Crippen LogP contribution < -0.4 is 11.5 Å². The average molecular weight is 419 g/mol. The molecule has 1 aliphatic carbocycles. The van der Waals surface area contributed by atoms with Crippen LogP contribution in [0.3, 0.4) is 0 Å². The van der Waals surface area contributed by atoms with Crippen LogP contribution in [0.5, 0.6) is 0 Å². The van der Waals surface area contributed by atoms with Crippen LogP contribution in [-0.4, -0.2) is 25.5 Å². The van der Waals surface area contributed by atoms with Gasteiger partial charge in [-0.1, -0.05) is 32.6 Å². The highest BCUT2D eigenvalue weighted by Crippen LogP contribution is 2.39. The molecule has 0 heterocycles. The van der Waals surface area contributed by atoms with E-state index in [0.29, 0.717) is 31.7 Å². The Labute approximate surface area is 162 Å². The Kier molecular flexibility index (Phi) is 6.74. The molecule has 4 N–H and O–H groups in total. The van der Waals surface area contributed by atoms with E-state index in [1.54, 1.807) is 6.92 Å². The molecular formula is C18H24F3N3O3S. The fraction of sp³-hybridized carbons (Fsp3) is 0.556. The van der Waals surface area contributed by atoms with Crippen molar-refractivity contribution in [1.82, 2.24) is 0 Å². The van der Waals surface area contributed by atoms with Crippen LogP contribution in [0.1, 0.15) is 66.9 Å². The summed E-state index contributed by atoms with van der Waals surface area (Å²) in [6.45, 7) is 1.61. The summed E-state index contributed by atoms with van der Waals surface area (Å²) >= 11 is 0. The molecule has 0 aliphatic heterocycles. The molecule has 6 nitrogen and oxygen atoms in total. The smallest absolute Gasteiger partial charge is 0.370 e. The number of nitrogens with two attached hydrogens (primary N) is 2. The number of aliphatic imine (C=N–C) groups is 1. The van der Waals surface area contributed by atoms with Crippen molar-refractivity contribution in [2.24, 2.45) is 16.5 Å². The quantitative estimate of drug-likeness (QED) is 0.442. The second kappa shape index (κ2) is 8.50. The van der Waals surface area contributed by atoms with Gasteiger partial charge < -0.3 is 11.5 Å². The van der Waals surface area contributed by atoms with Crippen molar-refractivity contribution in [2.45, 2.75) is 68.2 Å². The number of benzene rings is 1. The van der Waals surface area contributed by atoms with Gasteiger partial charge in [-0.15, -0.1) is 0 Å². The Balaban J connectivity index is 2.69. The summed E-state index contributed by atoms with van der Waals surface area (Å²) in [4.78, 5) is 14.7. The fourth-order valence-electron chi connectivity index (χ4n) is 3.48. The second-order valence-corrected chi connectivity index (χ2v) is 9.05. The highest BCUT2D eigenvalue weighted by atomic mass is 32.2. The Hall–Kier alpha value is -2.10. The minimum atomic E-state index is -4.95. The van der Waals surface area contributed by atoms with E-state index in [0.717, 1.165) is 18.9 Å². The minimum absolute atomic E-state index is 0.145. The number of nitrogens with zero attached hydrogens (tertiary/aromatic N) is 1. The number of alkyl halides is 3. The molecule has 0 bridgehead atoms. The maximum absolute atomic E-state index is 13.7. The molecule has 1 fully saturated rings. The lowest BCUT2D eigenvalue weighted by Gasteiger charge is -2.21. The van der Waals surface area contributed by atoms with Crippen molar-refractivity contribution in [3.05, 3.63) is 28.8 Å². The first kappa shape index (κ1) is 22.2. The molecule has 0 aromatic heterocycles. The summed E-state index contributed by atoms with van der Waals surface area (Å²) < 4.78 is 67.3. The van der Waals surface area contributed by atoms with Crippen molar-refractivity contribution in [1.29, 1.82) is 0 Å². The van der Waals surface area contributed by atoms with Crippen LogP contribution >= 0.6 is 0 Å². The van der Waals surface area contributed by atoms with E-state index in [4.69, 9.17) is 11.5 Å². The van der Waals surface area contributed by atoms with Gasteiger partial charge >= 0.3 is 6.18 Å². The van der Waals surface area contributed by atoms with Gasteiger partial charge in [0.1, 0.15) is 0 Å². The van der Waals surface area contributed by atoms with Crippen LogP contribution in [-0.2, 0) is 22.4 Å². The third-order valence-corrected chi connectivity index (χ3v) is 7.20. The summed E-state index contributed by atoms with van der Waals surface area (Å²) in [7, 11) is -4.21. The highest BCUT2D eigenvalue weighted by molar-refractivity contribution is 7.92. The van der Waals surface area contributed by atoms with Crippen molar-refractivity contribution in [2.75, 3.05) is 0 Å². The number of halogens is 3.